The average molecular weight is 234 g/mol. The van der Waals surface area contributed by atoms with Crippen LogP contribution >= 0.6 is 0 Å². The summed E-state index contributed by atoms with van der Waals surface area (Å²) >= 11 is 0. The molecule has 0 fully saturated rings. The first-order chi connectivity index (χ1) is 7.92. The molecule has 1 aromatic rings. The highest BCUT2D eigenvalue weighted by molar-refractivity contribution is 5.74. The lowest BCUT2D eigenvalue weighted by molar-refractivity contribution is -0.146. The van der Waals surface area contributed by atoms with Crippen molar-refractivity contribution in [3.8, 4) is 5.75 Å². The third kappa shape index (κ3) is 2.14. The summed E-state index contributed by atoms with van der Waals surface area (Å²) in [7, 11) is 0. The van der Waals surface area contributed by atoms with Gasteiger partial charge in [0.1, 0.15) is 5.75 Å². The Hall–Kier alpha value is -1.51. The Morgan fingerprint density at radius 3 is 2.71 bits per heavy atom. The first-order valence-corrected chi connectivity index (χ1v) is 5.98. The summed E-state index contributed by atoms with van der Waals surface area (Å²) in [4.78, 5) is 11.1. The van der Waals surface area contributed by atoms with Crippen molar-refractivity contribution in [3.63, 3.8) is 0 Å². The number of carboxylic acid groups (broad SMARTS) is 1. The number of aliphatic carboxylic acids is 1. The molecule has 3 nitrogen and oxygen atoms in total. The minimum absolute atomic E-state index is 0.314. The van der Waals surface area contributed by atoms with Gasteiger partial charge < -0.3 is 10.2 Å². The van der Waals surface area contributed by atoms with E-state index in [9.17, 15) is 9.90 Å². The van der Waals surface area contributed by atoms with Gasteiger partial charge in [0, 0.05) is 0 Å². The molecule has 0 aliphatic heterocycles. The van der Waals surface area contributed by atoms with Crippen molar-refractivity contribution in [3.05, 3.63) is 28.8 Å². The second-order valence-electron chi connectivity index (χ2n) is 5.43. The Balaban J connectivity index is 2.32. The van der Waals surface area contributed by atoms with E-state index < -0.39 is 11.4 Å². The van der Waals surface area contributed by atoms with Crippen LogP contribution in [0.15, 0.2) is 12.1 Å². The fraction of sp³-hybridized carbons (Fsp3) is 0.500. The quantitative estimate of drug-likeness (QED) is 0.845. The summed E-state index contributed by atoms with van der Waals surface area (Å²) in [6.07, 6.45) is 3.37. The highest BCUT2D eigenvalue weighted by atomic mass is 16.4. The summed E-state index contributed by atoms with van der Waals surface area (Å²) in [6.45, 7) is 3.37. The van der Waals surface area contributed by atoms with Crippen LogP contribution in [0.2, 0.25) is 0 Å². The summed E-state index contributed by atoms with van der Waals surface area (Å²) < 4.78 is 0. The fourth-order valence-corrected chi connectivity index (χ4v) is 2.39. The van der Waals surface area contributed by atoms with Crippen molar-refractivity contribution in [2.75, 3.05) is 0 Å². The molecule has 0 radical (unpaired) electrons. The number of hydrogen-bond acceptors (Lipinski definition) is 2. The zero-order valence-corrected chi connectivity index (χ0v) is 10.3. The molecular weight excluding hydrogens is 216 g/mol. The van der Waals surface area contributed by atoms with Crippen LogP contribution in [0.1, 0.15) is 37.0 Å². The number of phenols is 1. The van der Waals surface area contributed by atoms with Gasteiger partial charge in [-0.2, -0.15) is 0 Å². The molecule has 0 aromatic heterocycles. The van der Waals surface area contributed by atoms with E-state index in [0.717, 1.165) is 30.4 Å². The number of benzene rings is 1. The maximum atomic E-state index is 11.1. The van der Waals surface area contributed by atoms with Gasteiger partial charge in [0.15, 0.2) is 0 Å². The van der Waals surface area contributed by atoms with Crippen LogP contribution in [0.4, 0.5) is 0 Å². The molecule has 0 unspecified atom stereocenters. The van der Waals surface area contributed by atoms with Gasteiger partial charge in [-0.3, -0.25) is 4.79 Å². The van der Waals surface area contributed by atoms with Crippen LogP contribution in [0.5, 0.6) is 5.75 Å². The SMILES string of the molecule is CC(C)(Cc1ccc2c(c1O)CCC2)C(=O)O. The van der Waals surface area contributed by atoms with Gasteiger partial charge >= 0.3 is 5.97 Å². The fourth-order valence-electron chi connectivity index (χ4n) is 2.39. The molecular formula is C14H18O3. The predicted octanol–water partition coefficient (Wildman–Crippen LogP) is 2.53. The highest BCUT2D eigenvalue weighted by Gasteiger charge is 2.29. The van der Waals surface area contributed by atoms with E-state index in [1.807, 2.05) is 12.1 Å². The summed E-state index contributed by atoms with van der Waals surface area (Å²) in [5, 5.41) is 19.3. The standard InChI is InChI=1S/C14H18O3/c1-14(2,13(16)17)8-10-7-6-9-4-3-5-11(9)12(10)15/h6-7,15H,3-5,8H2,1-2H3,(H,16,17). The lowest BCUT2D eigenvalue weighted by Crippen LogP contribution is -2.26. The maximum absolute atomic E-state index is 11.1. The van der Waals surface area contributed by atoms with Gasteiger partial charge in [-0.15, -0.1) is 0 Å². The van der Waals surface area contributed by atoms with Gasteiger partial charge in [0.05, 0.1) is 5.41 Å². The minimum Gasteiger partial charge on any atom is -0.507 e. The molecule has 0 bridgehead atoms. The number of carbonyl (C=O) groups is 1. The Bertz CT molecular complexity index is 461. The smallest absolute Gasteiger partial charge is 0.309 e. The van der Waals surface area contributed by atoms with E-state index in [0.29, 0.717) is 12.2 Å². The summed E-state index contributed by atoms with van der Waals surface area (Å²) in [5.74, 6) is -0.522. The van der Waals surface area contributed by atoms with Crippen molar-refractivity contribution >= 4 is 5.97 Å². The Morgan fingerprint density at radius 1 is 1.35 bits per heavy atom. The molecule has 1 aromatic carbocycles. The largest absolute Gasteiger partial charge is 0.507 e. The van der Waals surface area contributed by atoms with Crippen molar-refractivity contribution in [1.82, 2.24) is 0 Å². The Kier molecular flexibility index (Phi) is 2.86. The molecule has 3 heteroatoms. The van der Waals surface area contributed by atoms with E-state index in [4.69, 9.17) is 5.11 Å². The van der Waals surface area contributed by atoms with E-state index in [1.165, 1.54) is 5.56 Å². The molecule has 0 spiro atoms. The van der Waals surface area contributed by atoms with E-state index >= 15 is 0 Å². The normalized spacial score (nSPS) is 14.7. The second kappa shape index (κ2) is 4.06. The molecule has 0 amide bonds. The zero-order valence-electron chi connectivity index (χ0n) is 10.3. The minimum atomic E-state index is -0.843. The molecule has 1 aliphatic rings. The third-order valence-electron chi connectivity index (χ3n) is 3.55. The van der Waals surface area contributed by atoms with Gasteiger partial charge in [-0.05, 0) is 56.2 Å². The van der Waals surface area contributed by atoms with Crippen molar-refractivity contribution in [2.24, 2.45) is 5.41 Å². The molecule has 17 heavy (non-hydrogen) atoms. The Morgan fingerprint density at radius 2 is 2.06 bits per heavy atom. The number of hydrogen-bond donors (Lipinski definition) is 2. The second-order valence-corrected chi connectivity index (χ2v) is 5.43. The Labute approximate surface area is 101 Å². The van der Waals surface area contributed by atoms with Crippen LogP contribution in [0.25, 0.3) is 0 Å². The molecule has 92 valence electrons. The molecule has 0 saturated heterocycles. The first-order valence-electron chi connectivity index (χ1n) is 5.98. The monoisotopic (exact) mass is 234 g/mol. The number of fused-ring (bicyclic) bond motifs is 1. The molecule has 1 aliphatic carbocycles. The molecule has 0 heterocycles. The molecule has 2 N–H and O–H groups in total. The number of aryl methyl sites for hydroxylation is 1. The summed E-state index contributed by atoms with van der Waals surface area (Å²) in [6, 6.07) is 3.89. The molecule has 0 atom stereocenters. The van der Waals surface area contributed by atoms with Crippen LogP contribution in [0, 0.1) is 5.41 Å². The summed E-state index contributed by atoms with van der Waals surface area (Å²) in [5.41, 5.74) is 2.13. The number of rotatable bonds is 3. The zero-order chi connectivity index (χ0) is 12.6. The third-order valence-corrected chi connectivity index (χ3v) is 3.55. The lowest BCUT2D eigenvalue weighted by Gasteiger charge is -2.20. The van der Waals surface area contributed by atoms with Gasteiger partial charge in [-0.1, -0.05) is 12.1 Å². The predicted molar refractivity (Wildman–Crippen MR) is 65.3 cm³/mol. The maximum Gasteiger partial charge on any atom is 0.309 e. The van der Waals surface area contributed by atoms with Crippen molar-refractivity contribution < 1.29 is 15.0 Å². The lowest BCUT2D eigenvalue weighted by atomic mass is 9.84. The van der Waals surface area contributed by atoms with Gasteiger partial charge in [0.2, 0.25) is 0 Å². The van der Waals surface area contributed by atoms with Crippen LogP contribution in [-0.2, 0) is 24.1 Å². The topological polar surface area (TPSA) is 57.5 Å². The van der Waals surface area contributed by atoms with Crippen LogP contribution in [-0.4, -0.2) is 16.2 Å². The van der Waals surface area contributed by atoms with E-state index in [-0.39, 0.29) is 0 Å². The van der Waals surface area contributed by atoms with Gasteiger partial charge in [0.25, 0.3) is 0 Å². The van der Waals surface area contributed by atoms with E-state index in [1.54, 1.807) is 13.8 Å². The van der Waals surface area contributed by atoms with Crippen molar-refractivity contribution in [1.29, 1.82) is 0 Å². The van der Waals surface area contributed by atoms with Crippen LogP contribution in [0.3, 0.4) is 0 Å². The van der Waals surface area contributed by atoms with E-state index in [2.05, 4.69) is 0 Å². The molecule has 0 saturated carbocycles. The first kappa shape index (κ1) is 12.0. The van der Waals surface area contributed by atoms with Crippen molar-refractivity contribution in [2.45, 2.75) is 39.5 Å². The van der Waals surface area contributed by atoms with Gasteiger partial charge in [-0.25, -0.2) is 0 Å². The number of carboxylic acids is 1. The van der Waals surface area contributed by atoms with Crippen LogP contribution < -0.4 is 0 Å². The highest BCUT2D eigenvalue weighted by Crippen LogP contribution is 2.35. The molecule has 2 rings (SSSR count). The number of aromatic hydroxyl groups is 1. The average Bonchev–Trinajstić information content (AvgIpc) is 2.70. The number of phenolic OH excluding ortho intramolecular Hbond substituents is 1.